The molecule has 0 bridgehead atoms. The summed E-state index contributed by atoms with van der Waals surface area (Å²) in [6.07, 6.45) is 6.65. The summed E-state index contributed by atoms with van der Waals surface area (Å²) in [6.45, 7) is 11.6. The Bertz CT molecular complexity index is 959. The number of hydrogen-bond donors (Lipinski definition) is 1. The lowest BCUT2D eigenvalue weighted by molar-refractivity contribution is -0.188. The Morgan fingerprint density at radius 1 is 1.28 bits per heavy atom. The van der Waals surface area contributed by atoms with Crippen molar-refractivity contribution in [1.82, 2.24) is 20.2 Å². The Hall–Kier alpha value is -1.13. The molecule has 0 radical (unpaired) electrons. The molecule has 1 aromatic heterocycles. The van der Waals surface area contributed by atoms with Crippen molar-refractivity contribution >= 4 is 43.5 Å². The first-order valence-corrected chi connectivity index (χ1v) is 16.5. The van der Waals surface area contributed by atoms with Crippen molar-refractivity contribution in [2.75, 3.05) is 30.9 Å². The molecule has 0 spiro atoms. The number of rotatable bonds is 13. The van der Waals surface area contributed by atoms with Gasteiger partial charge in [-0.2, -0.15) is 5.09 Å². The number of nitrogens with zero attached hydrogens (tertiary/aromatic N) is 3. The van der Waals surface area contributed by atoms with E-state index in [-0.39, 0.29) is 11.3 Å². The third-order valence-corrected chi connectivity index (χ3v) is 10.8. The van der Waals surface area contributed by atoms with Gasteiger partial charge >= 0.3 is 5.97 Å². The van der Waals surface area contributed by atoms with E-state index in [4.69, 9.17) is 13.9 Å². The van der Waals surface area contributed by atoms with Crippen LogP contribution in [0, 0.1) is 6.92 Å². The quantitative estimate of drug-likeness (QED) is 0.121. The number of carbonyl (C=O) groups is 2. The maximum Gasteiger partial charge on any atom is 0.355 e. The summed E-state index contributed by atoms with van der Waals surface area (Å²) in [6, 6.07) is 0. The summed E-state index contributed by atoms with van der Waals surface area (Å²) in [7, 11) is 0.582. The Balaban J connectivity index is 1.88. The Morgan fingerprint density at radius 3 is 2.47 bits per heavy atom. The Kier molecular flexibility index (Phi) is 10.3. The van der Waals surface area contributed by atoms with Crippen LogP contribution in [0.15, 0.2) is 20.9 Å². The van der Waals surface area contributed by atoms with E-state index in [1.54, 1.807) is 30.7 Å². The molecule has 1 amide bonds. The number of aromatic nitrogens is 2. The van der Waals surface area contributed by atoms with Crippen LogP contribution in [-0.2, 0) is 19.1 Å². The number of carbonyl (C=O) groups excluding carboxylic acids is 2. The first kappa shape index (κ1) is 29.4. The van der Waals surface area contributed by atoms with Gasteiger partial charge in [0.15, 0.2) is 0 Å². The number of hydrogen-bond acceptors (Lipinski definition) is 10. The Morgan fingerprint density at radius 2 is 1.94 bits per heavy atom. The number of thioether (sulfide) groups is 2. The van der Waals surface area contributed by atoms with Crippen LogP contribution in [0.5, 0.6) is 0 Å². The minimum atomic E-state index is -1.12. The van der Waals surface area contributed by atoms with Gasteiger partial charge in [0, 0.05) is 25.5 Å². The van der Waals surface area contributed by atoms with Crippen LogP contribution in [0.25, 0.3) is 0 Å². The number of ether oxygens (including phenoxy) is 2. The number of methoxy groups -OCH3 is 1. The van der Waals surface area contributed by atoms with E-state index < -0.39 is 25.4 Å². The molecule has 36 heavy (non-hydrogen) atoms. The van der Waals surface area contributed by atoms with Crippen LogP contribution in [-0.4, -0.2) is 74.6 Å². The van der Waals surface area contributed by atoms with E-state index in [0.29, 0.717) is 28.3 Å². The number of nitrogens with one attached hydrogen (secondary N) is 1. The highest BCUT2D eigenvalue weighted by Crippen LogP contribution is 2.51. The van der Waals surface area contributed by atoms with Gasteiger partial charge < -0.3 is 13.9 Å². The molecule has 1 saturated heterocycles. The average molecular weight is 560 g/mol. The highest BCUT2D eigenvalue weighted by atomic mass is 32.2. The second-order valence-corrected chi connectivity index (χ2v) is 14.5. The molecule has 1 fully saturated rings. The maximum absolute atomic E-state index is 13.8. The SMILES string of the molecule is CCCC[PH+](CCCC)N[C@]1(OC)C(=O)N2C(C(=O)OC(C)(C)C)=C(CSc3nnc(C)o3)CS[C@H]21. The molecule has 2 atom stereocenters. The standard InChI is InChI=1S/C24H39N4O5PS2/c1-8-10-12-34(13-11-9-2)27-24(31-7)20(30)28-18(19(29)33-23(4,5)6)17(14-35-21(24)28)15-36-22-26-25-16(3)32-22/h21,27H,8-15H2,1-7H3/p+1/t21-,24-/m0/s1. The van der Waals surface area contributed by atoms with E-state index in [1.165, 1.54) is 11.8 Å². The lowest BCUT2D eigenvalue weighted by Crippen LogP contribution is -2.79. The van der Waals surface area contributed by atoms with E-state index in [9.17, 15) is 9.59 Å². The first-order chi connectivity index (χ1) is 17.1. The van der Waals surface area contributed by atoms with Crippen molar-refractivity contribution in [3.8, 4) is 0 Å². The van der Waals surface area contributed by atoms with E-state index in [0.717, 1.165) is 43.6 Å². The molecule has 0 saturated carbocycles. The summed E-state index contributed by atoms with van der Waals surface area (Å²) in [5, 5.41) is 11.7. The predicted octanol–water partition coefficient (Wildman–Crippen LogP) is 4.64. The third kappa shape index (κ3) is 6.65. The number of fused-ring (bicyclic) bond motifs is 1. The summed E-state index contributed by atoms with van der Waals surface area (Å²) >= 11 is 2.96. The topological polar surface area (TPSA) is 107 Å². The second kappa shape index (κ2) is 12.6. The minimum Gasteiger partial charge on any atom is -0.455 e. The molecule has 12 heteroatoms. The van der Waals surface area contributed by atoms with Crippen LogP contribution in [0.3, 0.4) is 0 Å². The molecule has 9 nitrogen and oxygen atoms in total. The van der Waals surface area contributed by atoms with Gasteiger partial charge in [0.1, 0.15) is 16.7 Å². The van der Waals surface area contributed by atoms with Gasteiger partial charge in [0.05, 0.1) is 20.4 Å². The largest absolute Gasteiger partial charge is 0.455 e. The third-order valence-electron chi connectivity index (χ3n) is 5.93. The minimum absolute atomic E-state index is 0.227. The summed E-state index contributed by atoms with van der Waals surface area (Å²) in [5.41, 5.74) is -0.678. The molecular weight excluding hydrogens is 519 g/mol. The number of β-lactam (4-membered cyclic amide) rings is 1. The number of amides is 1. The smallest absolute Gasteiger partial charge is 0.355 e. The van der Waals surface area contributed by atoms with Crippen molar-refractivity contribution in [2.24, 2.45) is 0 Å². The molecule has 1 N–H and O–H groups in total. The molecule has 1 aromatic rings. The van der Waals surface area contributed by atoms with Gasteiger partial charge in [-0.25, -0.2) is 4.79 Å². The molecular formula is C24H40N4O5PS2+. The average Bonchev–Trinajstić information content (AvgIpc) is 3.25. The van der Waals surface area contributed by atoms with Crippen LogP contribution in [0.1, 0.15) is 66.2 Å². The van der Waals surface area contributed by atoms with Crippen molar-refractivity contribution in [1.29, 1.82) is 0 Å². The molecule has 202 valence electrons. The highest BCUT2D eigenvalue weighted by Gasteiger charge is 2.68. The van der Waals surface area contributed by atoms with E-state index >= 15 is 0 Å². The zero-order chi connectivity index (χ0) is 26.5. The maximum atomic E-state index is 13.8. The van der Waals surface area contributed by atoms with Crippen molar-refractivity contribution < 1.29 is 23.5 Å². The lowest BCUT2D eigenvalue weighted by Gasteiger charge is -2.55. The monoisotopic (exact) mass is 559 g/mol. The van der Waals surface area contributed by atoms with Crippen molar-refractivity contribution in [3.05, 3.63) is 17.2 Å². The van der Waals surface area contributed by atoms with Gasteiger partial charge in [0.2, 0.25) is 5.89 Å². The van der Waals surface area contributed by atoms with E-state index in [1.807, 2.05) is 20.8 Å². The number of unbranched alkanes of at least 4 members (excludes halogenated alkanes) is 2. The predicted molar refractivity (Wildman–Crippen MR) is 146 cm³/mol. The zero-order valence-corrected chi connectivity index (χ0v) is 25.1. The Labute approximate surface area is 224 Å². The van der Waals surface area contributed by atoms with Crippen molar-refractivity contribution in [3.63, 3.8) is 0 Å². The summed E-state index contributed by atoms with van der Waals surface area (Å²) in [4.78, 5) is 28.7. The van der Waals surface area contributed by atoms with Crippen molar-refractivity contribution in [2.45, 2.75) is 89.1 Å². The summed E-state index contributed by atoms with van der Waals surface area (Å²) < 4.78 is 17.2. The first-order valence-electron chi connectivity index (χ1n) is 12.6. The van der Waals surface area contributed by atoms with Crippen LogP contribution in [0.2, 0.25) is 0 Å². The zero-order valence-electron chi connectivity index (χ0n) is 22.4. The number of esters is 1. The second-order valence-electron chi connectivity index (χ2n) is 10.0. The fourth-order valence-electron chi connectivity index (χ4n) is 4.15. The van der Waals surface area contributed by atoms with Gasteiger partial charge in [-0.3, -0.25) is 9.69 Å². The normalized spacial score (nSPS) is 22.2. The fraction of sp³-hybridized carbons (Fsp3) is 0.750. The van der Waals surface area contributed by atoms with Gasteiger partial charge in [0.25, 0.3) is 16.9 Å². The van der Waals surface area contributed by atoms with E-state index in [2.05, 4.69) is 29.1 Å². The molecule has 2 aliphatic heterocycles. The fourth-order valence-corrected chi connectivity index (χ4v) is 9.57. The highest BCUT2D eigenvalue weighted by molar-refractivity contribution is 8.01. The molecule has 0 aromatic carbocycles. The molecule has 0 aliphatic carbocycles. The lowest BCUT2D eigenvalue weighted by atomic mass is 9.99. The molecule has 3 rings (SSSR count). The molecule has 3 heterocycles. The van der Waals surface area contributed by atoms with Crippen LogP contribution < -0.4 is 5.09 Å². The van der Waals surface area contributed by atoms with Crippen LogP contribution in [0.4, 0.5) is 0 Å². The molecule has 0 unspecified atom stereocenters. The number of aryl methyl sites for hydroxylation is 1. The van der Waals surface area contributed by atoms with Gasteiger partial charge in [-0.1, -0.05) is 38.5 Å². The van der Waals surface area contributed by atoms with Gasteiger partial charge in [-0.05, 0) is 39.2 Å². The summed E-state index contributed by atoms with van der Waals surface area (Å²) in [5.74, 6) is 0.770. The molecule has 2 aliphatic rings. The van der Waals surface area contributed by atoms with Gasteiger partial charge in [-0.15, -0.1) is 22.0 Å². The van der Waals surface area contributed by atoms with Crippen LogP contribution >= 0.6 is 31.6 Å².